The Balaban J connectivity index is 1.58. The van der Waals surface area contributed by atoms with Crippen LogP contribution in [0.3, 0.4) is 0 Å². The first kappa shape index (κ1) is 19.8. The molecule has 0 bridgehead atoms. The van der Waals surface area contributed by atoms with Gasteiger partial charge in [-0.1, -0.05) is 54.2 Å². The summed E-state index contributed by atoms with van der Waals surface area (Å²) >= 11 is 1.25. The van der Waals surface area contributed by atoms with E-state index >= 15 is 0 Å². The van der Waals surface area contributed by atoms with Gasteiger partial charge in [-0.15, -0.1) is 10.2 Å². The maximum absolute atomic E-state index is 14.4. The fourth-order valence-corrected chi connectivity index (χ4v) is 3.65. The van der Waals surface area contributed by atoms with Crippen molar-refractivity contribution in [2.24, 2.45) is 0 Å². The third kappa shape index (κ3) is 4.72. The quantitative estimate of drug-likeness (QED) is 0.453. The molecule has 6 nitrogen and oxygen atoms in total. The van der Waals surface area contributed by atoms with E-state index in [4.69, 9.17) is 0 Å². The van der Waals surface area contributed by atoms with Gasteiger partial charge in [0.25, 0.3) is 0 Å². The first-order chi connectivity index (χ1) is 14.7. The van der Waals surface area contributed by atoms with Crippen LogP contribution in [0.25, 0.3) is 11.4 Å². The number of thioether (sulfide) groups is 1. The van der Waals surface area contributed by atoms with Crippen LogP contribution < -0.4 is 5.32 Å². The largest absolute Gasteiger partial charge is 0.324 e. The Morgan fingerprint density at radius 2 is 1.80 bits per heavy atom. The maximum atomic E-state index is 14.4. The van der Waals surface area contributed by atoms with Crippen LogP contribution >= 0.6 is 11.8 Å². The second-order valence-electron chi connectivity index (χ2n) is 6.44. The standard InChI is InChI=1S/C22H18FN5OS/c23-19-11-5-4-10-18(19)21-26-27-22(28(21)14-16-7-2-1-3-8-16)30-15-20(29)25-17-9-6-12-24-13-17/h1-13H,14-15H2,(H,25,29). The van der Waals surface area contributed by atoms with Crippen molar-refractivity contribution in [1.29, 1.82) is 0 Å². The summed E-state index contributed by atoms with van der Waals surface area (Å²) in [4.78, 5) is 16.3. The fraction of sp³-hybridized carbons (Fsp3) is 0.0909. The minimum atomic E-state index is -0.370. The van der Waals surface area contributed by atoms with E-state index in [-0.39, 0.29) is 17.5 Å². The lowest BCUT2D eigenvalue weighted by Crippen LogP contribution is -2.15. The molecule has 2 heterocycles. The summed E-state index contributed by atoms with van der Waals surface area (Å²) in [5.41, 5.74) is 2.02. The molecule has 0 saturated heterocycles. The van der Waals surface area contributed by atoms with Gasteiger partial charge in [0.2, 0.25) is 5.91 Å². The summed E-state index contributed by atoms with van der Waals surface area (Å²) in [7, 11) is 0. The van der Waals surface area contributed by atoms with Gasteiger partial charge in [-0.05, 0) is 29.8 Å². The van der Waals surface area contributed by atoms with Crippen LogP contribution in [0.2, 0.25) is 0 Å². The highest BCUT2D eigenvalue weighted by Crippen LogP contribution is 2.27. The number of nitrogens with zero attached hydrogens (tertiary/aromatic N) is 4. The fourth-order valence-electron chi connectivity index (χ4n) is 2.91. The molecule has 0 unspecified atom stereocenters. The number of benzene rings is 2. The molecular weight excluding hydrogens is 401 g/mol. The van der Waals surface area contributed by atoms with E-state index in [1.54, 1.807) is 42.7 Å². The van der Waals surface area contributed by atoms with Crippen molar-refractivity contribution in [3.8, 4) is 11.4 Å². The van der Waals surface area contributed by atoms with Crippen molar-refractivity contribution < 1.29 is 9.18 Å². The van der Waals surface area contributed by atoms with Crippen molar-refractivity contribution >= 4 is 23.4 Å². The molecule has 150 valence electrons. The van der Waals surface area contributed by atoms with E-state index in [0.717, 1.165) is 5.56 Å². The lowest BCUT2D eigenvalue weighted by molar-refractivity contribution is -0.113. The van der Waals surface area contributed by atoms with Crippen LogP contribution in [0.15, 0.2) is 84.3 Å². The van der Waals surface area contributed by atoms with Gasteiger partial charge < -0.3 is 5.32 Å². The number of carbonyl (C=O) groups is 1. The van der Waals surface area contributed by atoms with Crippen molar-refractivity contribution in [1.82, 2.24) is 19.7 Å². The van der Waals surface area contributed by atoms with E-state index in [1.807, 2.05) is 34.9 Å². The number of carbonyl (C=O) groups excluding carboxylic acids is 1. The van der Waals surface area contributed by atoms with Gasteiger partial charge in [-0.2, -0.15) is 0 Å². The Kier molecular flexibility index (Phi) is 6.14. The number of anilines is 1. The first-order valence-corrected chi connectivity index (χ1v) is 10.2. The maximum Gasteiger partial charge on any atom is 0.234 e. The number of pyridine rings is 1. The minimum Gasteiger partial charge on any atom is -0.324 e. The van der Waals surface area contributed by atoms with Crippen LogP contribution in [-0.2, 0) is 11.3 Å². The van der Waals surface area contributed by atoms with Crippen molar-refractivity contribution in [3.63, 3.8) is 0 Å². The molecule has 2 aromatic heterocycles. The number of hydrogen-bond acceptors (Lipinski definition) is 5. The van der Waals surface area contributed by atoms with Gasteiger partial charge >= 0.3 is 0 Å². The van der Waals surface area contributed by atoms with E-state index in [2.05, 4.69) is 20.5 Å². The zero-order valence-corrected chi connectivity index (χ0v) is 16.7. The molecule has 30 heavy (non-hydrogen) atoms. The summed E-state index contributed by atoms with van der Waals surface area (Å²) in [6, 6.07) is 19.8. The van der Waals surface area contributed by atoms with E-state index < -0.39 is 0 Å². The Labute approximate surface area is 177 Å². The van der Waals surface area contributed by atoms with Crippen LogP contribution in [0.1, 0.15) is 5.56 Å². The zero-order valence-electron chi connectivity index (χ0n) is 15.9. The van der Waals surface area contributed by atoms with Gasteiger partial charge in [0, 0.05) is 6.20 Å². The molecule has 0 aliphatic rings. The molecule has 0 radical (unpaired) electrons. The number of rotatable bonds is 7. The molecule has 1 amide bonds. The summed E-state index contributed by atoms with van der Waals surface area (Å²) < 4.78 is 16.2. The first-order valence-electron chi connectivity index (χ1n) is 9.25. The van der Waals surface area contributed by atoms with E-state index in [0.29, 0.717) is 28.8 Å². The molecule has 0 aliphatic carbocycles. The molecular formula is C22H18FN5OS. The normalized spacial score (nSPS) is 10.7. The van der Waals surface area contributed by atoms with Crippen molar-refractivity contribution in [2.45, 2.75) is 11.7 Å². The van der Waals surface area contributed by atoms with Gasteiger partial charge in [0.15, 0.2) is 11.0 Å². The molecule has 0 atom stereocenters. The number of hydrogen-bond donors (Lipinski definition) is 1. The minimum absolute atomic E-state index is 0.138. The average molecular weight is 419 g/mol. The molecule has 2 aromatic carbocycles. The van der Waals surface area contributed by atoms with E-state index in [9.17, 15) is 9.18 Å². The van der Waals surface area contributed by atoms with Gasteiger partial charge in [0.05, 0.1) is 29.7 Å². The second-order valence-corrected chi connectivity index (χ2v) is 7.38. The SMILES string of the molecule is O=C(CSc1nnc(-c2ccccc2F)n1Cc1ccccc1)Nc1cccnc1. The molecule has 0 fully saturated rings. The molecule has 0 saturated carbocycles. The third-order valence-corrected chi connectivity index (χ3v) is 5.26. The molecule has 8 heteroatoms. The lowest BCUT2D eigenvalue weighted by atomic mass is 10.2. The third-order valence-electron chi connectivity index (χ3n) is 4.29. The predicted octanol–water partition coefficient (Wildman–Crippen LogP) is 4.26. The monoisotopic (exact) mass is 419 g/mol. The molecule has 1 N–H and O–H groups in total. The Hall–Kier alpha value is -3.52. The molecule has 4 aromatic rings. The Morgan fingerprint density at radius 1 is 1.00 bits per heavy atom. The van der Waals surface area contributed by atoms with Crippen LogP contribution in [-0.4, -0.2) is 31.4 Å². The number of aromatic nitrogens is 4. The lowest BCUT2D eigenvalue weighted by Gasteiger charge is -2.11. The number of amides is 1. The van der Waals surface area contributed by atoms with Crippen molar-refractivity contribution in [3.05, 3.63) is 90.5 Å². The second kappa shape index (κ2) is 9.32. The van der Waals surface area contributed by atoms with Crippen LogP contribution in [0.5, 0.6) is 0 Å². The van der Waals surface area contributed by atoms with Gasteiger partial charge in [-0.3, -0.25) is 14.3 Å². The van der Waals surface area contributed by atoms with Gasteiger partial charge in [-0.25, -0.2) is 4.39 Å². The smallest absolute Gasteiger partial charge is 0.234 e. The molecule has 0 spiro atoms. The van der Waals surface area contributed by atoms with Crippen molar-refractivity contribution in [2.75, 3.05) is 11.1 Å². The summed E-state index contributed by atoms with van der Waals surface area (Å²) in [6.07, 6.45) is 3.22. The van der Waals surface area contributed by atoms with Gasteiger partial charge in [0.1, 0.15) is 5.82 Å². The topological polar surface area (TPSA) is 72.7 Å². The number of halogens is 1. The predicted molar refractivity (Wildman–Crippen MR) is 115 cm³/mol. The van der Waals surface area contributed by atoms with Crippen LogP contribution in [0.4, 0.5) is 10.1 Å². The van der Waals surface area contributed by atoms with E-state index in [1.165, 1.54) is 17.8 Å². The highest BCUT2D eigenvalue weighted by Gasteiger charge is 2.18. The summed E-state index contributed by atoms with van der Waals surface area (Å²) in [5, 5.41) is 11.8. The number of nitrogens with one attached hydrogen (secondary N) is 1. The van der Waals surface area contributed by atoms with Crippen LogP contribution in [0, 0.1) is 5.82 Å². The molecule has 0 aliphatic heterocycles. The highest BCUT2D eigenvalue weighted by atomic mass is 32.2. The highest BCUT2D eigenvalue weighted by molar-refractivity contribution is 7.99. The zero-order chi connectivity index (χ0) is 20.8. The molecule has 4 rings (SSSR count). The summed E-state index contributed by atoms with van der Waals surface area (Å²) in [6.45, 7) is 0.462. The Bertz CT molecular complexity index is 1130. The Morgan fingerprint density at radius 3 is 2.57 bits per heavy atom. The average Bonchev–Trinajstić information content (AvgIpc) is 3.16. The summed E-state index contributed by atoms with van der Waals surface area (Å²) in [5.74, 6) is 0.00549.